The maximum Gasteiger partial charge on any atom is 0.252 e. The number of rotatable bonds is 3. The van der Waals surface area contributed by atoms with Crippen molar-refractivity contribution in [1.29, 1.82) is 0 Å². The molecule has 0 fully saturated rings. The third kappa shape index (κ3) is 2.26. The van der Waals surface area contributed by atoms with E-state index in [9.17, 15) is 4.79 Å². The van der Waals surface area contributed by atoms with Gasteiger partial charge in [-0.1, -0.05) is 0 Å². The number of aromatic nitrogens is 3. The van der Waals surface area contributed by atoms with Crippen LogP contribution in [0.4, 0.5) is 11.4 Å². The summed E-state index contributed by atoms with van der Waals surface area (Å²) in [6, 6.07) is 5.43. The summed E-state index contributed by atoms with van der Waals surface area (Å²) >= 11 is 0. The predicted octanol–water partition coefficient (Wildman–Crippen LogP) is 1.87. The maximum absolute atomic E-state index is 11.3. The summed E-state index contributed by atoms with van der Waals surface area (Å²) in [5.41, 5.74) is 7.85. The minimum absolute atomic E-state index is 0.332. The molecule has 3 heterocycles. The van der Waals surface area contributed by atoms with E-state index in [1.54, 1.807) is 30.9 Å². The molecular formula is C14H11N5O. The topological polar surface area (TPSA) is 93.8 Å². The number of amides is 1. The number of primary amides is 1. The Hall–Kier alpha value is -3.02. The molecule has 3 rings (SSSR count). The molecule has 0 aliphatic carbocycles. The summed E-state index contributed by atoms with van der Waals surface area (Å²) in [6.07, 6.45) is 8.13. The molecule has 6 heteroatoms. The predicted molar refractivity (Wildman–Crippen MR) is 75.6 cm³/mol. The van der Waals surface area contributed by atoms with Gasteiger partial charge in [0.2, 0.25) is 0 Å². The van der Waals surface area contributed by atoms with Gasteiger partial charge in [0.25, 0.3) is 5.91 Å². The Balaban J connectivity index is 1.99. The van der Waals surface area contributed by atoms with E-state index in [-0.39, 0.29) is 0 Å². The van der Waals surface area contributed by atoms with E-state index >= 15 is 0 Å². The first-order valence-corrected chi connectivity index (χ1v) is 5.94. The molecule has 0 atom stereocenters. The van der Waals surface area contributed by atoms with E-state index < -0.39 is 5.91 Å². The van der Waals surface area contributed by atoms with Crippen LogP contribution in [0.15, 0.2) is 49.2 Å². The van der Waals surface area contributed by atoms with Crippen molar-refractivity contribution in [3.8, 4) is 0 Å². The van der Waals surface area contributed by atoms with Gasteiger partial charge in [-0.3, -0.25) is 19.7 Å². The number of hydrogen-bond acceptors (Lipinski definition) is 5. The van der Waals surface area contributed by atoms with Gasteiger partial charge in [0.15, 0.2) is 0 Å². The van der Waals surface area contributed by atoms with Gasteiger partial charge in [-0.2, -0.15) is 0 Å². The molecule has 0 saturated carbocycles. The lowest BCUT2D eigenvalue weighted by Crippen LogP contribution is -2.13. The smallest absolute Gasteiger partial charge is 0.252 e. The number of nitrogens with two attached hydrogens (primary N) is 1. The van der Waals surface area contributed by atoms with Crippen molar-refractivity contribution in [3.63, 3.8) is 0 Å². The van der Waals surface area contributed by atoms with Crippen LogP contribution in [0.3, 0.4) is 0 Å². The van der Waals surface area contributed by atoms with Gasteiger partial charge < -0.3 is 11.1 Å². The van der Waals surface area contributed by atoms with Crippen LogP contribution in [0.5, 0.6) is 0 Å². The molecule has 0 aliphatic rings. The molecule has 0 radical (unpaired) electrons. The average Bonchev–Trinajstić information content (AvgIpc) is 2.47. The van der Waals surface area contributed by atoms with Crippen molar-refractivity contribution in [2.45, 2.75) is 0 Å². The minimum atomic E-state index is -0.531. The lowest BCUT2D eigenvalue weighted by Gasteiger charge is -2.09. The van der Waals surface area contributed by atoms with Gasteiger partial charge in [0.1, 0.15) is 0 Å². The zero-order chi connectivity index (χ0) is 13.9. The number of fused-ring (bicyclic) bond motifs is 1. The van der Waals surface area contributed by atoms with Crippen molar-refractivity contribution in [3.05, 3.63) is 54.7 Å². The molecule has 98 valence electrons. The number of nitrogens with zero attached hydrogens (tertiary/aromatic N) is 3. The van der Waals surface area contributed by atoms with Gasteiger partial charge >= 0.3 is 0 Å². The summed E-state index contributed by atoms with van der Waals surface area (Å²) in [5.74, 6) is -0.531. The van der Waals surface area contributed by atoms with Crippen molar-refractivity contribution in [1.82, 2.24) is 15.0 Å². The zero-order valence-electron chi connectivity index (χ0n) is 10.4. The molecular weight excluding hydrogens is 254 g/mol. The molecule has 0 saturated heterocycles. The maximum atomic E-state index is 11.3. The number of nitrogens with one attached hydrogen (secondary N) is 1. The minimum Gasteiger partial charge on any atom is -0.365 e. The molecule has 0 spiro atoms. The van der Waals surface area contributed by atoms with E-state index in [4.69, 9.17) is 5.73 Å². The SMILES string of the molecule is NC(=O)c1cnccc1Nc1cnc2ccncc2c1. The van der Waals surface area contributed by atoms with Crippen molar-refractivity contribution < 1.29 is 4.79 Å². The molecule has 3 N–H and O–H groups in total. The molecule has 1 amide bonds. The van der Waals surface area contributed by atoms with Gasteiger partial charge in [-0.25, -0.2) is 0 Å². The standard InChI is InChI=1S/C14H11N5O/c15-14(20)11-8-17-4-2-13(11)19-10-5-9-6-16-3-1-12(9)18-7-10/h1-8H,(H2,15,20)(H,17,19). The molecule has 0 aliphatic heterocycles. The largest absolute Gasteiger partial charge is 0.365 e. The van der Waals surface area contributed by atoms with E-state index in [2.05, 4.69) is 20.3 Å². The first-order chi connectivity index (χ1) is 9.74. The van der Waals surface area contributed by atoms with E-state index in [1.807, 2.05) is 12.1 Å². The van der Waals surface area contributed by atoms with Crippen LogP contribution in [0.25, 0.3) is 10.9 Å². The lowest BCUT2D eigenvalue weighted by molar-refractivity contribution is 0.100. The average molecular weight is 265 g/mol. The van der Waals surface area contributed by atoms with Crippen LogP contribution < -0.4 is 11.1 Å². The summed E-state index contributed by atoms with van der Waals surface area (Å²) in [7, 11) is 0. The highest BCUT2D eigenvalue weighted by Crippen LogP contribution is 2.21. The van der Waals surface area contributed by atoms with Gasteiger partial charge in [0.05, 0.1) is 28.7 Å². The normalized spacial score (nSPS) is 10.4. The number of carbonyl (C=O) groups excluding carboxylic acids is 1. The summed E-state index contributed by atoms with van der Waals surface area (Å²) in [5, 5.41) is 4.02. The molecule has 6 nitrogen and oxygen atoms in total. The Morgan fingerprint density at radius 2 is 1.90 bits per heavy atom. The first kappa shape index (κ1) is 12.0. The van der Waals surface area contributed by atoms with Crippen LogP contribution >= 0.6 is 0 Å². The highest BCUT2D eigenvalue weighted by molar-refractivity contribution is 5.99. The molecule has 0 unspecified atom stereocenters. The molecule has 3 aromatic heterocycles. The number of hydrogen-bond donors (Lipinski definition) is 2. The van der Waals surface area contributed by atoms with Gasteiger partial charge in [-0.15, -0.1) is 0 Å². The Labute approximate surface area is 114 Å². The fraction of sp³-hybridized carbons (Fsp3) is 0. The van der Waals surface area contributed by atoms with E-state index in [0.29, 0.717) is 11.3 Å². The Bertz CT molecular complexity index is 787. The van der Waals surface area contributed by atoms with Crippen LogP contribution in [0.1, 0.15) is 10.4 Å². The highest BCUT2D eigenvalue weighted by atomic mass is 16.1. The lowest BCUT2D eigenvalue weighted by atomic mass is 10.2. The third-order valence-corrected chi connectivity index (χ3v) is 2.85. The Morgan fingerprint density at radius 1 is 1.10 bits per heavy atom. The summed E-state index contributed by atoms with van der Waals surface area (Å²) in [6.45, 7) is 0. The second-order valence-electron chi connectivity index (χ2n) is 4.20. The quantitative estimate of drug-likeness (QED) is 0.754. The Morgan fingerprint density at radius 3 is 2.75 bits per heavy atom. The van der Waals surface area contributed by atoms with E-state index in [1.165, 1.54) is 6.20 Å². The monoisotopic (exact) mass is 265 g/mol. The third-order valence-electron chi connectivity index (χ3n) is 2.85. The molecule has 0 aromatic carbocycles. The van der Waals surface area contributed by atoms with Crippen molar-refractivity contribution in [2.75, 3.05) is 5.32 Å². The number of pyridine rings is 3. The van der Waals surface area contributed by atoms with Gasteiger partial charge in [-0.05, 0) is 18.2 Å². The summed E-state index contributed by atoms with van der Waals surface area (Å²) in [4.78, 5) is 23.6. The molecule has 0 bridgehead atoms. The fourth-order valence-corrected chi connectivity index (χ4v) is 1.90. The van der Waals surface area contributed by atoms with Crippen molar-refractivity contribution >= 4 is 28.2 Å². The zero-order valence-corrected chi connectivity index (χ0v) is 10.4. The number of carbonyl (C=O) groups is 1. The second kappa shape index (κ2) is 4.93. The molecule has 3 aromatic rings. The van der Waals surface area contributed by atoms with E-state index in [0.717, 1.165) is 16.6 Å². The summed E-state index contributed by atoms with van der Waals surface area (Å²) < 4.78 is 0. The van der Waals surface area contributed by atoms with Crippen LogP contribution in [-0.2, 0) is 0 Å². The Kier molecular flexibility index (Phi) is 2.96. The number of anilines is 2. The second-order valence-corrected chi connectivity index (χ2v) is 4.20. The van der Waals surface area contributed by atoms with Crippen molar-refractivity contribution in [2.24, 2.45) is 5.73 Å². The highest BCUT2D eigenvalue weighted by Gasteiger charge is 2.08. The van der Waals surface area contributed by atoms with Crippen LogP contribution in [0, 0.1) is 0 Å². The molecule has 20 heavy (non-hydrogen) atoms. The van der Waals surface area contributed by atoms with Crippen LogP contribution in [0.2, 0.25) is 0 Å². The fourth-order valence-electron chi connectivity index (χ4n) is 1.90. The first-order valence-electron chi connectivity index (χ1n) is 5.94. The van der Waals surface area contributed by atoms with Gasteiger partial charge in [0, 0.05) is 30.2 Å². The van der Waals surface area contributed by atoms with Crippen LogP contribution in [-0.4, -0.2) is 20.9 Å².